The molecule has 1 saturated heterocycles. The zero-order chi connectivity index (χ0) is 25.1. The van der Waals surface area contributed by atoms with Crippen LogP contribution >= 0.6 is 11.8 Å². The van der Waals surface area contributed by atoms with E-state index in [0.29, 0.717) is 25.1 Å². The lowest BCUT2D eigenvalue weighted by Crippen LogP contribution is -2.36. The fourth-order valence-corrected chi connectivity index (χ4v) is 5.43. The molecule has 0 amide bonds. The second-order valence-electron chi connectivity index (χ2n) is 10.3. The Hall–Kier alpha value is -3.09. The van der Waals surface area contributed by atoms with E-state index in [0.717, 1.165) is 40.8 Å². The fourth-order valence-electron chi connectivity index (χ4n) is 4.47. The zero-order valence-electron chi connectivity index (χ0n) is 21.2. The average Bonchev–Trinajstić information content (AvgIpc) is 2.90. The van der Waals surface area contributed by atoms with E-state index in [4.69, 9.17) is 9.72 Å². The Kier molecular flexibility index (Phi) is 7.17. The summed E-state index contributed by atoms with van der Waals surface area (Å²) in [6.07, 6.45) is 0. The molecule has 0 saturated carbocycles. The lowest BCUT2D eigenvalue weighted by Gasteiger charge is -2.29. The molecular formula is C30H33N3O2S. The minimum atomic E-state index is 0.00421. The van der Waals surface area contributed by atoms with Gasteiger partial charge >= 0.3 is 0 Å². The highest BCUT2D eigenvalue weighted by Gasteiger charge is 2.17. The van der Waals surface area contributed by atoms with Crippen LogP contribution in [0.2, 0.25) is 0 Å². The molecule has 5 nitrogen and oxygen atoms in total. The van der Waals surface area contributed by atoms with Crippen molar-refractivity contribution in [2.24, 2.45) is 0 Å². The molecule has 1 fully saturated rings. The van der Waals surface area contributed by atoms with Crippen molar-refractivity contribution in [3.63, 3.8) is 0 Å². The molecule has 3 aromatic carbocycles. The third kappa shape index (κ3) is 5.50. The maximum Gasteiger partial charge on any atom is 0.262 e. The van der Waals surface area contributed by atoms with Gasteiger partial charge in [0.1, 0.15) is 0 Å². The van der Waals surface area contributed by atoms with E-state index >= 15 is 0 Å². The van der Waals surface area contributed by atoms with Crippen molar-refractivity contribution in [2.45, 2.75) is 43.6 Å². The van der Waals surface area contributed by atoms with E-state index in [2.05, 4.69) is 68.1 Å². The molecule has 1 aromatic heterocycles. The molecule has 0 unspecified atom stereocenters. The van der Waals surface area contributed by atoms with Crippen LogP contribution in [0.1, 0.15) is 37.5 Å². The van der Waals surface area contributed by atoms with Gasteiger partial charge in [0.15, 0.2) is 5.16 Å². The van der Waals surface area contributed by atoms with Crippen molar-refractivity contribution in [1.29, 1.82) is 0 Å². The summed E-state index contributed by atoms with van der Waals surface area (Å²) < 4.78 is 7.33. The summed E-state index contributed by atoms with van der Waals surface area (Å²) >= 11 is 1.62. The van der Waals surface area contributed by atoms with Gasteiger partial charge in [0.2, 0.25) is 0 Å². The van der Waals surface area contributed by atoms with E-state index in [1.807, 2.05) is 34.9 Å². The van der Waals surface area contributed by atoms with Crippen LogP contribution < -0.4 is 10.5 Å². The van der Waals surface area contributed by atoms with Gasteiger partial charge in [0.05, 0.1) is 30.7 Å². The van der Waals surface area contributed by atoms with Crippen molar-refractivity contribution >= 4 is 28.4 Å². The Labute approximate surface area is 217 Å². The van der Waals surface area contributed by atoms with E-state index in [1.54, 1.807) is 11.8 Å². The maximum atomic E-state index is 13.8. The SMILES string of the molecule is CC(C)(C)c1ccc(CSc2nc3ccc(N4CCOCC4)cc3c(=O)n2Cc2ccccc2)cc1. The third-order valence-electron chi connectivity index (χ3n) is 6.65. The summed E-state index contributed by atoms with van der Waals surface area (Å²) in [4.78, 5) is 21.1. The summed E-state index contributed by atoms with van der Waals surface area (Å²) in [5.41, 5.74) is 5.54. The first-order valence-corrected chi connectivity index (χ1v) is 13.5. The topological polar surface area (TPSA) is 47.4 Å². The predicted octanol–water partition coefficient (Wildman–Crippen LogP) is 5.87. The van der Waals surface area contributed by atoms with E-state index in [-0.39, 0.29) is 11.0 Å². The number of nitrogens with zero attached hydrogens (tertiary/aromatic N) is 3. The lowest BCUT2D eigenvalue weighted by molar-refractivity contribution is 0.122. The minimum Gasteiger partial charge on any atom is -0.378 e. The van der Waals surface area contributed by atoms with E-state index < -0.39 is 0 Å². The molecule has 36 heavy (non-hydrogen) atoms. The number of benzene rings is 3. The summed E-state index contributed by atoms with van der Waals surface area (Å²) in [5, 5.41) is 1.41. The van der Waals surface area contributed by atoms with E-state index in [1.165, 1.54) is 11.1 Å². The van der Waals surface area contributed by atoms with Gasteiger partial charge in [-0.2, -0.15) is 0 Å². The first-order valence-electron chi connectivity index (χ1n) is 12.5. The molecular weight excluding hydrogens is 466 g/mol. The van der Waals surface area contributed by atoms with Crippen LogP contribution in [0.25, 0.3) is 10.9 Å². The first-order chi connectivity index (χ1) is 17.4. The molecule has 0 bridgehead atoms. The molecule has 0 radical (unpaired) electrons. The summed E-state index contributed by atoms with van der Waals surface area (Å²) in [5.74, 6) is 0.753. The predicted molar refractivity (Wildman–Crippen MR) is 149 cm³/mol. The van der Waals surface area contributed by atoms with Gasteiger partial charge < -0.3 is 9.64 Å². The lowest BCUT2D eigenvalue weighted by atomic mass is 9.87. The summed E-state index contributed by atoms with van der Waals surface area (Å²) in [6, 6.07) is 24.9. The number of fused-ring (bicyclic) bond motifs is 1. The molecule has 0 atom stereocenters. The van der Waals surface area contributed by atoms with Crippen molar-refractivity contribution in [3.05, 3.63) is 99.8 Å². The number of thioether (sulfide) groups is 1. The van der Waals surface area contributed by atoms with Crippen molar-refractivity contribution in [2.75, 3.05) is 31.2 Å². The average molecular weight is 500 g/mol. The van der Waals surface area contributed by atoms with Gasteiger partial charge in [-0.1, -0.05) is 87.1 Å². The molecule has 1 aliphatic heterocycles. The Morgan fingerprint density at radius 2 is 1.64 bits per heavy atom. The Morgan fingerprint density at radius 1 is 0.917 bits per heavy atom. The number of ether oxygens (including phenoxy) is 1. The largest absolute Gasteiger partial charge is 0.378 e. The van der Waals surface area contributed by atoms with Crippen molar-refractivity contribution < 1.29 is 4.74 Å². The Bertz CT molecular complexity index is 1390. The minimum absolute atomic E-state index is 0.00421. The highest BCUT2D eigenvalue weighted by Crippen LogP contribution is 2.27. The van der Waals surface area contributed by atoms with Gasteiger partial charge in [0.25, 0.3) is 5.56 Å². The molecule has 6 heteroatoms. The van der Waals surface area contributed by atoms with Crippen LogP contribution in [0.3, 0.4) is 0 Å². The molecule has 0 spiro atoms. The highest BCUT2D eigenvalue weighted by atomic mass is 32.2. The quantitative estimate of drug-likeness (QED) is 0.245. The van der Waals surface area contributed by atoms with Gasteiger partial charge in [0, 0.05) is 24.5 Å². The molecule has 2 heterocycles. The van der Waals surface area contributed by atoms with Gasteiger partial charge in [-0.3, -0.25) is 9.36 Å². The van der Waals surface area contributed by atoms with Crippen LogP contribution in [-0.4, -0.2) is 35.9 Å². The summed E-state index contributed by atoms with van der Waals surface area (Å²) in [6.45, 7) is 10.3. The standard InChI is InChI=1S/C30H33N3O2S/c1-30(2,3)24-11-9-23(10-12-24)21-36-29-31-27-14-13-25(32-15-17-35-18-16-32)19-26(27)28(34)33(29)20-22-7-5-4-6-8-22/h4-14,19H,15-18,20-21H2,1-3H3. The number of rotatable bonds is 6. The summed E-state index contributed by atoms with van der Waals surface area (Å²) in [7, 11) is 0. The molecule has 5 rings (SSSR count). The van der Waals surface area contributed by atoms with Gasteiger partial charge in [-0.15, -0.1) is 0 Å². The molecule has 0 aliphatic carbocycles. The van der Waals surface area contributed by atoms with Crippen LogP contribution in [0, 0.1) is 0 Å². The number of hydrogen-bond acceptors (Lipinski definition) is 5. The molecule has 186 valence electrons. The van der Waals surface area contributed by atoms with Gasteiger partial charge in [-0.05, 0) is 40.3 Å². The second-order valence-corrected chi connectivity index (χ2v) is 11.3. The van der Waals surface area contributed by atoms with Crippen LogP contribution in [0.4, 0.5) is 5.69 Å². The Balaban J connectivity index is 1.49. The highest BCUT2D eigenvalue weighted by molar-refractivity contribution is 7.98. The van der Waals surface area contributed by atoms with E-state index in [9.17, 15) is 4.79 Å². The number of morpholine rings is 1. The molecule has 1 aliphatic rings. The Morgan fingerprint density at radius 3 is 2.33 bits per heavy atom. The number of anilines is 1. The molecule has 0 N–H and O–H groups in total. The smallest absolute Gasteiger partial charge is 0.262 e. The maximum absolute atomic E-state index is 13.8. The first kappa shape index (κ1) is 24.6. The fraction of sp³-hybridized carbons (Fsp3) is 0.333. The van der Waals surface area contributed by atoms with Crippen LogP contribution in [0.5, 0.6) is 0 Å². The van der Waals surface area contributed by atoms with Crippen molar-refractivity contribution in [1.82, 2.24) is 9.55 Å². The monoisotopic (exact) mass is 499 g/mol. The third-order valence-corrected chi connectivity index (χ3v) is 7.70. The number of hydrogen-bond donors (Lipinski definition) is 0. The van der Waals surface area contributed by atoms with Crippen LogP contribution in [0.15, 0.2) is 82.7 Å². The second kappa shape index (κ2) is 10.5. The van der Waals surface area contributed by atoms with Crippen LogP contribution in [-0.2, 0) is 22.4 Å². The normalized spacial score (nSPS) is 14.4. The van der Waals surface area contributed by atoms with Crippen molar-refractivity contribution in [3.8, 4) is 0 Å². The zero-order valence-corrected chi connectivity index (χ0v) is 22.1. The number of aromatic nitrogens is 2. The molecule has 4 aromatic rings. The van der Waals surface area contributed by atoms with Gasteiger partial charge in [-0.25, -0.2) is 4.98 Å².